The van der Waals surface area contributed by atoms with E-state index in [0.717, 1.165) is 25.7 Å². The largest absolute Gasteiger partial charge is 0.445 e. The van der Waals surface area contributed by atoms with Gasteiger partial charge in [0.25, 0.3) is 0 Å². The summed E-state index contributed by atoms with van der Waals surface area (Å²) in [7, 11) is 0. The Morgan fingerprint density at radius 3 is 1.84 bits per heavy atom. The van der Waals surface area contributed by atoms with Gasteiger partial charge in [-0.25, -0.2) is 0 Å². The normalized spacial score (nSPS) is 13.4. The predicted molar refractivity (Wildman–Crippen MR) is 104 cm³/mol. The lowest BCUT2D eigenvalue weighted by Crippen LogP contribution is -2.10. The minimum absolute atomic E-state index is 0.353. The highest BCUT2D eigenvalue weighted by molar-refractivity contribution is 5.66. The van der Waals surface area contributed by atoms with Crippen LogP contribution in [0.3, 0.4) is 0 Å². The van der Waals surface area contributed by atoms with Crippen LogP contribution in [0.2, 0.25) is 0 Å². The molecule has 3 heteroatoms. The van der Waals surface area contributed by atoms with Crippen LogP contribution in [0.25, 0.3) is 0 Å². The van der Waals surface area contributed by atoms with Crippen LogP contribution in [0.1, 0.15) is 71.1 Å². The quantitative estimate of drug-likeness (QED) is 0.217. The number of ether oxygens (including phenoxy) is 1. The molecule has 0 rings (SSSR count). The number of aliphatic hydroxyl groups excluding tert-OH is 1. The van der Waals surface area contributed by atoms with E-state index < -0.39 is 12.2 Å². The lowest BCUT2D eigenvalue weighted by molar-refractivity contribution is -0.142. The molecule has 0 unspecified atom stereocenters. The summed E-state index contributed by atoms with van der Waals surface area (Å²) in [5.41, 5.74) is 0. The maximum Gasteiger partial charge on any atom is 0.304 e. The van der Waals surface area contributed by atoms with E-state index >= 15 is 0 Å². The Labute approximate surface area is 153 Å². The Bertz CT molecular complexity index is 476. The zero-order chi connectivity index (χ0) is 18.8. The first kappa shape index (κ1) is 23.0. The summed E-state index contributed by atoms with van der Waals surface area (Å²) in [6, 6.07) is 0. The van der Waals surface area contributed by atoms with Gasteiger partial charge >= 0.3 is 5.97 Å². The van der Waals surface area contributed by atoms with Crippen molar-refractivity contribution in [3.05, 3.63) is 24.3 Å². The zero-order valence-electron chi connectivity index (χ0n) is 15.5. The number of esters is 1. The zero-order valence-corrected chi connectivity index (χ0v) is 15.5. The highest BCUT2D eigenvalue weighted by atomic mass is 16.5. The molecule has 0 aliphatic carbocycles. The third-order valence-corrected chi connectivity index (χ3v) is 3.75. The van der Waals surface area contributed by atoms with E-state index in [-0.39, 0.29) is 5.97 Å². The van der Waals surface area contributed by atoms with E-state index in [2.05, 4.69) is 11.8 Å². The summed E-state index contributed by atoms with van der Waals surface area (Å²) < 4.78 is 4.94. The van der Waals surface area contributed by atoms with Crippen LogP contribution in [-0.4, -0.2) is 23.3 Å². The van der Waals surface area contributed by atoms with E-state index in [9.17, 15) is 4.79 Å². The van der Waals surface area contributed by atoms with Crippen LogP contribution >= 0.6 is 0 Å². The molecule has 0 bridgehead atoms. The second kappa shape index (κ2) is 16.9. The molecule has 0 radical (unpaired) electrons. The number of carbonyl (C=O) groups excluding carboxylic acids is 1. The summed E-state index contributed by atoms with van der Waals surface area (Å²) >= 11 is 0. The number of unbranched alkanes of at least 4 members (excludes halogenated alkanes) is 9. The van der Waals surface area contributed by atoms with Gasteiger partial charge in [-0.3, -0.25) is 4.79 Å². The molecule has 0 aromatic heterocycles. The third kappa shape index (κ3) is 16.7. The van der Waals surface area contributed by atoms with Gasteiger partial charge in [0, 0.05) is 6.92 Å². The molecule has 0 aliphatic rings. The lowest BCUT2D eigenvalue weighted by atomic mass is 10.1. The van der Waals surface area contributed by atoms with Crippen molar-refractivity contribution in [1.82, 2.24) is 0 Å². The molecule has 138 valence electrons. The lowest BCUT2D eigenvalue weighted by Gasteiger charge is -2.05. The molecule has 1 N–H and O–H groups in total. The van der Waals surface area contributed by atoms with Gasteiger partial charge in [0.05, 0.1) is 0 Å². The van der Waals surface area contributed by atoms with Gasteiger partial charge in [0.2, 0.25) is 0 Å². The van der Waals surface area contributed by atoms with Crippen LogP contribution < -0.4 is 0 Å². The third-order valence-electron chi connectivity index (χ3n) is 3.75. The van der Waals surface area contributed by atoms with E-state index in [1.807, 2.05) is 12.2 Å². The van der Waals surface area contributed by atoms with Crippen molar-refractivity contribution in [3.8, 4) is 24.7 Å². The van der Waals surface area contributed by atoms with Gasteiger partial charge in [-0.15, -0.1) is 12.8 Å². The second-order valence-electron chi connectivity index (χ2n) is 6.07. The second-order valence-corrected chi connectivity index (χ2v) is 6.07. The van der Waals surface area contributed by atoms with Crippen LogP contribution in [-0.2, 0) is 9.53 Å². The minimum Gasteiger partial charge on any atom is -0.445 e. The summed E-state index contributed by atoms with van der Waals surface area (Å²) in [6.45, 7) is 1.36. The standard InChI is InChI=1S/C22H32O3/c1-4-21(24)18-16-14-12-10-8-6-7-9-11-13-15-17-19-22(5-2)25-20(3)23/h1-2,16-19,21-22,24H,6-15H2,3H3/b18-16+,19-17+/t21-,22+/m0/s1. The van der Waals surface area contributed by atoms with E-state index in [0.29, 0.717) is 0 Å². The molecular formula is C22H32O3. The maximum absolute atomic E-state index is 10.8. The summed E-state index contributed by atoms with van der Waals surface area (Å²) in [4.78, 5) is 10.8. The van der Waals surface area contributed by atoms with Gasteiger partial charge in [-0.2, -0.15) is 0 Å². The summed E-state index contributed by atoms with van der Waals surface area (Å²) in [6.07, 6.45) is 28.2. The number of rotatable bonds is 14. The Balaban J connectivity index is 3.39. The van der Waals surface area contributed by atoms with Gasteiger partial charge in [0.15, 0.2) is 6.10 Å². The van der Waals surface area contributed by atoms with Gasteiger partial charge in [-0.1, -0.05) is 62.5 Å². The van der Waals surface area contributed by atoms with Crippen LogP contribution in [0, 0.1) is 24.7 Å². The summed E-state index contributed by atoms with van der Waals surface area (Å²) in [5.74, 6) is 4.34. The fraction of sp³-hybridized carbons (Fsp3) is 0.591. The van der Waals surface area contributed by atoms with Crippen molar-refractivity contribution in [2.45, 2.75) is 83.3 Å². The number of carbonyl (C=O) groups is 1. The highest BCUT2D eigenvalue weighted by Crippen LogP contribution is 2.11. The Kier molecular flexibility index (Phi) is 15.5. The highest BCUT2D eigenvalue weighted by Gasteiger charge is 2.02. The first-order valence-electron chi connectivity index (χ1n) is 9.21. The molecule has 25 heavy (non-hydrogen) atoms. The van der Waals surface area contributed by atoms with Crippen molar-refractivity contribution in [3.63, 3.8) is 0 Å². The van der Waals surface area contributed by atoms with Crippen molar-refractivity contribution >= 4 is 5.97 Å². The van der Waals surface area contributed by atoms with Crippen molar-refractivity contribution < 1.29 is 14.6 Å². The molecule has 0 saturated heterocycles. The average Bonchev–Trinajstić information content (AvgIpc) is 2.60. The number of terminal acetylenes is 2. The molecule has 3 nitrogen and oxygen atoms in total. The summed E-state index contributed by atoms with van der Waals surface area (Å²) in [5, 5.41) is 9.15. The van der Waals surface area contributed by atoms with E-state index in [1.165, 1.54) is 45.4 Å². The monoisotopic (exact) mass is 344 g/mol. The van der Waals surface area contributed by atoms with Gasteiger partial charge < -0.3 is 9.84 Å². The molecule has 0 fully saturated rings. The molecule has 2 atom stereocenters. The number of hydrogen-bond donors (Lipinski definition) is 1. The van der Waals surface area contributed by atoms with Crippen molar-refractivity contribution in [1.29, 1.82) is 0 Å². The van der Waals surface area contributed by atoms with Crippen LogP contribution in [0.4, 0.5) is 0 Å². The fourth-order valence-electron chi connectivity index (χ4n) is 2.39. The van der Waals surface area contributed by atoms with Crippen LogP contribution in [0.5, 0.6) is 0 Å². The molecule has 0 aliphatic heterocycles. The molecule has 0 aromatic carbocycles. The van der Waals surface area contributed by atoms with E-state index in [4.69, 9.17) is 22.7 Å². The predicted octanol–water partition coefficient (Wildman–Crippen LogP) is 4.56. The fourth-order valence-corrected chi connectivity index (χ4v) is 2.39. The molecule has 0 amide bonds. The van der Waals surface area contributed by atoms with E-state index in [1.54, 1.807) is 12.2 Å². The first-order chi connectivity index (χ1) is 12.1. The molecule has 0 aromatic rings. The van der Waals surface area contributed by atoms with Gasteiger partial charge in [0.1, 0.15) is 6.10 Å². The van der Waals surface area contributed by atoms with Crippen molar-refractivity contribution in [2.75, 3.05) is 0 Å². The van der Waals surface area contributed by atoms with Crippen molar-refractivity contribution in [2.24, 2.45) is 0 Å². The Morgan fingerprint density at radius 1 is 0.920 bits per heavy atom. The number of allylic oxidation sites excluding steroid dienone is 2. The first-order valence-corrected chi connectivity index (χ1v) is 9.21. The average molecular weight is 344 g/mol. The molecule has 0 heterocycles. The Morgan fingerprint density at radius 2 is 1.40 bits per heavy atom. The molecular weight excluding hydrogens is 312 g/mol. The maximum atomic E-state index is 10.8. The molecule has 0 spiro atoms. The molecule has 0 saturated carbocycles. The number of aliphatic hydroxyl groups is 1. The van der Waals surface area contributed by atoms with Crippen LogP contribution in [0.15, 0.2) is 24.3 Å². The van der Waals surface area contributed by atoms with Gasteiger partial charge in [-0.05, 0) is 37.8 Å². The Hall–Kier alpha value is -1.97. The SMILES string of the molecule is C#C[C@H](/C=C/CCCCCCCCCC/C=C/[C@@H](O)C#C)OC(C)=O. The smallest absolute Gasteiger partial charge is 0.304 e. The minimum atomic E-state index is -0.742. The number of hydrogen-bond acceptors (Lipinski definition) is 3. The topological polar surface area (TPSA) is 46.5 Å².